The standard InChI is InChI=1S/C13H13N3O2.C3H9N/c14-8-10-2-4-11(5-3-10)13(18)15-9-12(17)16-6-1-7-16;1-2-3-4/h2-5H,1,6-7,9H2,(H,15,18);2-4H2,1H3. The summed E-state index contributed by atoms with van der Waals surface area (Å²) in [4.78, 5) is 25.0. The summed E-state index contributed by atoms with van der Waals surface area (Å²) in [7, 11) is 0. The monoisotopic (exact) mass is 302 g/mol. The molecule has 2 rings (SSSR count). The molecule has 118 valence electrons. The van der Waals surface area contributed by atoms with E-state index in [1.54, 1.807) is 29.2 Å². The van der Waals surface area contributed by atoms with E-state index in [9.17, 15) is 9.59 Å². The lowest BCUT2D eigenvalue weighted by Gasteiger charge is -2.30. The zero-order valence-corrected chi connectivity index (χ0v) is 12.8. The smallest absolute Gasteiger partial charge is 0.251 e. The minimum Gasteiger partial charge on any atom is -0.343 e. The number of hydrogen-bond donors (Lipinski definition) is 2. The van der Waals surface area contributed by atoms with Crippen LogP contribution in [-0.4, -0.2) is 42.9 Å². The highest BCUT2D eigenvalue weighted by Gasteiger charge is 2.20. The zero-order valence-electron chi connectivity index (χ0n) is 12.8. The molecule has 1 saturated heterocycles. The quantitative estimate of drug-likeness (QED) is 0.862. The molecule has 1 aromatic carbocycles. The van der Waals surface area contributed by atoms with Gasteiger partial charge in [-0.25, -0.2) is 0 Å². The Bertz CT molecular complexity index is 528. The fraction of sp³-hybridized carbons (Fsp3) is 0.438. The van der Waals surface area contributed by atoms with Crippen LogP contribution in [0, 0.1) is 11.3 Å². The van der Waals surface area contributed by atoms with Gasteiger partial charge in [0.25, 0.3) is 5.91 Å². The highest BCUT2D eigenvalue weighted by atomic mass is 16.2. The van der Waals surface area contributed by atoms with Crippen LogP contribution < -0.4 is 11.1 Å². The van der Waals surface area contributed by atoms with Crippen molar-refractivity contribution in [3.05, 3.63) is 35.4 Å². The number of rotatable bonds is 4. The number of hydrogen-bond acceptors (Lipinski definition) is 4. The lowest BCUT2D eigenvalue weighted by atomic mass is 10.1. The van der Waals surface area contributed by atoms with Gasteiger partial charge in [0.2, 0.25) is 5.91 Å². The Morgan fingerprint density at radius 3 is 2.32 bits per heavy atom. The van der Waals surface area contributed by atoms with E-state index in [2.05, 4.69) is 12.2 Å². The van der Waals surface area contributed by atoms with E-state index in [1.165, 1.54) is 0 Å². The van der Waals surface area contributed by atoms with Gasteiger partial charge in [-0.15, -0.1) is 0 Å². The minimum atomic E-state index is -0.298. The van der Waals surface area contributed by atoms with E-state index < -0.39 is 0 Å². The molecule has 0 unspecified atom stereocenters. The van der Waals surface area contributed by atoms with Gasteiger partial charge in [0.05, 0.1) is 18.2 Å². The van der Waals surface area contributed by atoms with Crippen LogP contribution in [0.5, 0.6) is 0 Å². The van der Waals surface area contributed by atoms with Crippen LogP contribution in [0.2, 0.25) is 0 Å². The van der Waals surface area contributed by atoms with Crippen molar-refractivity contribution < 1.29 is 9.59 Å². The van der Waals surface area contributed by atoms with Gasteiger partial charge in [-0.2, -0.15) is 5.26 Å². The summed E-state index contributed by atoms with van der Waals surface area (Å²) in [5.74, 6) is -0.350. The number of carbonyl (C=O) groups excluding carboxylic acids is 2. The van der Waals surface area contributed by atoms with Crippen LogP contribution in [0.4, 0.5) is 0 Å². The third kappa shape index (κ3) is 5.54. The summed E-state index contributed by atoms with van der Waals surface area (Å²) >= 11 is 0. The molecule has 6 heteroatoms. The second kappa shape index (κ2) is 9.53. The van der Waals surface area contributed by atoms with Gasteiger partial charge >= 0.3 is 0 Å². The second-order valence-electron chi connectivity index (χ2n) is 4.89. The van der Waals surface area contributed by atoms with Crippen molar-refractivity contribution in [1.82, 2.24) is 10.2 Å². The molecule has 6 nitrogen and oxygen atoms in total. The van der Waals surface area contributed by atoms with Gasteiger partial charge in [0.15, 0.2) is 0 Å². The van der Waals surface area contributed by atoms with Gasteiger partial charge in [0, 0.05) is 18.7 Å². The molecule has 1 aliphatic heterocycles. The predicted octanol–water partition coefficient (Wildman–Crippen LogP) is 0.875. The fourth-order valence-electron chi connectivity index (χ4n) is 1.63. The van der Waals surface area contributed by atoms with Crippen molar-refractivity contribution in [2.75, 3.05) is 26.2 Å². The highest BCUT2D eigenvalue weighted by molar-refractivity contribution is 5.96. The van der Waals surface area contributed by atoms with E-state index in [-0.39, 0.29) is 18.4 Å². The Morgan fingerprint density at radius 2 is 1.91 bits per heavy atom. The molecular formula is C16H22N4O2. The zero-order chi connectivity index (χ0) is 16.4. The summed E-state index contributed by atoms with van der Waals surface area (Å²) < 4.78 is 0. The molecule has 2 amide bonds. The summed E-state index contributed by atoms with van der Waals surface area (Å²) in [6.45, 7) is 4.47. The van der Waals surface area contributed by atoms with Gasteiger partial charge in [-0.3, -0.25) is 9.59 Å². The number of nitrogens with two attached hydrogens (primary N) is 1. The van der Waals surface area contributed by atoms with Gasteiger partial charge in [0.1, 0.15) is 0 Å². The maximum atomic E-state index is 11.7. The molecule has 1 aliphatic rings. The van der Waals surface area contributed by atoms with E-state index in [0.717, 1.165) is 32.5 Å². The summed E-state index contributed by atoms with van der Waals surface area (Å²) in [5, 5.41) is 11.2. The first-order valence-corrected chi connectivity index (χ1v) is 7.38. The molecule has 1 heterocycles. The average Bonchev–Trinajstić information content (AvgIpc) is 2.51. The number of benzene rings is 1. The van der Waals surface area contributed by atoms with Crippen molar-refractivity contribution in [2.24, 2.45) is 5.73 Å². The number of nitrogens with zero attached hydrogens (tertiary/aromatic N) is 2. The van der Waals surface area contributed by atoms with Crippen molar-refractivity contribution in [2.45, 2.75) is 19.8 Å². The Kier molecular flexibility index (Phi) is 7.65. The molecule has 0 aromatic heterocycles. The lowest BCUT2D eigenvalue weighted by Crippen LogP contribution is -2.47. The normalized spacial score (nSPS) is 12.3. The van der Waals surface area contributed by atoms with Gasteiger partial charge < -0.3 is 16.0 Å². The van der Waals surface area contributed by atoms with Crippen LogP contribution in [0.25, 0.3) is 0 Å². The average molecular weight is 302 g/mol. The number of likely N-dealkylation sites (tertiary alicyclic amines) is 1. The molecule has 3 N–H and O–H groups in total. The molecule has 1 aromatic rings. The molecule has 0 bridgehead atoms. The number of carbonyl (C=O) groups is 2. The maximum Gasteiger partial charge on any atom is 0.251 e. The number of amides is 2. The summed E-state index contributed by atoms with van der Waals surface area (Å²) in [6, 6.07) is 8.27. The predicted molar refractivity (Wildman–Crippen MR) is 84.0 cm³/mol. The van der Waals surface area contributed by atoms with E-state index in [1.807, 2.05) is 6.07 Å². The third-order valence-corrected chi connectivity index (χ3v) is 3.17. The Hall–Kier alpha value is -2.39. The van der Waals surface area contributed by atoms with Gasteiger partial charge in [-0.05, 0) is 43.7 Å². The van der Waals surface area contributed by atoms with Crippen molar-refractivity contribution in [3.8, 4) is 6.07 Å². The maximum absolute atomic E-state index is 11.7. The first-order chi connectivity index (χ1) is 10.6. The molecule has 0 spiro atoms. The SMILES string of the molecule is CCCN.N#Cc1ccc(C(=O)NCC(=O)N2CCC2)cc1. The number of nitriles is 1. The molecule has 22 heavy (non-hydrogen) atoms. The first kappa shape index (κ1) is 17.7. The molecule has 0 saturated carbocycles. The largest absolute Gasteiger partial charge is 0.343 e. The first-order valence-electron chi connectivity index (χ1n) is 7.38. The third-order valence-electron chi connectivity index (χ3n) is 3.17. The molecule has 1 fully saturated rings. The van der Waals surface area contributed by atoms with Crippen LogP contribution in [0.1, 0.15) is 35.7 Å². The van der Waals surface area contributed by atoms with Gasteiger partial charge in [-0.1, -0.05) is 6.92 Å². The Balaban J connectivity index is 0.000000541. The molecule has 0 atom stereocenters. The van der Waals surface area contributed by atoms with Crippen LogP contribution in [-0.2, 0) is 4.79 Å². The van der Waals surface area contributed by atoms with E-state index in [4.69, 9.17) is 11.0 Å². The van der Waals surface area contributed by atoms with Crippen molar-refractivity contribution in [1.29, 1.82) is 5.26 Å². The molecule has 0 aliphatic carbocycles. The minimum absolute atomic E-state index is 0.0266. The lowest BCUT2D eigenvalue weighted by molar-refractivity contribution is -0.133. The summed E-state index contributed by atoms with van der Waals surface area (Å²) in [6.07, 6.45) is 2.13. The van der Waals surface area contributed by atoms with Crippen molar-refractivity contribution in [3.63, 3.8) is 0 Å². The van der Waals surface area contributed by atoms with Crippen LogP contribution >= 0.6 is 0 Å². The Labute approximate surface area is 130 Å². The molecule has 0 radical (unpaired) electrons. The topological polar surface area (TPSA) is 99.2 Å². The van der Waals surface area contributed by atoms with Crippen LogP contribution in [0.3, 0.4) is 0 Å². The second-order valence-corrected chi connectivity index (χ2v) is 4.89. The molecular weight excluding hydrogens is 280 g/mol. The number of nitrogens with one attached hydrogen (secondary N) is 1. The highest BCUT2D eigenvalue weighted by Crippen LogP contribution is 2.06. The summed E-state index contributed by atoms with van der Waals surface area (Å²) in [5.41, 5.74) is 5.98. The Morgan fingerprint density at radius 1 is 1.32 bits per heavy atom. The van der Waals surface area contributed by atoms with E-state index >= 15 is 0 Å². The van der Waals surface area contributed by atoms with Crippen molar-refractivity contribution >= 4 is 11.8 Å². The fourth-order valence-corrected chi connectivity index (χ4v) is 1.63. The van der Waals surface area contributed by atoms with E-state index in [0.29, 0.717) is 11.1 Å². The van der Waals surface area contributed by atoms with Crippen LogP contribution in [0.15, 0.2) is 24.3 Å².